The molecule has 3 rings (SSSR count). The Bertz CT molecular complexity index is 617. The summed E-state index contributed by atoms with van der Waals surface area (Å²) < 4.78 is 6.32. The van der Waals surface area contributed by atoms with Crippen LogP contribution in [0.15, 0.2) is 18.3 Å². The van der Waals surface area contributed by atoms with E-state index in [2.05, 4.69) is 15.4 Å². The average Bonchev–Trinajstić information content (AvgIpc) is 3.12. The van der Waals surface area contributed by atoms with Crippen molar-refractivity contribution in [1.29, 1.82) is 0 Å². The number of aromatic nitrogens is 3. The molecule has 0 radical (unpaired) electrons. The van der Waals surface area contributed by atoms with Gasteiger partial charge in [0.15, 0.2) is 11.5 Å². The molecule has 1 N–H and O–H groups in total. The number of methoxy groups -OCH3 is 1. The average molecular weight is 274 g/mol. The molecule has 1 aliphatic rings. The minimum Gasteiger partial charge on any atom is -0.465 e. The number of ether oxygens (including phenoxy) is 1. The fraction of sp³-hybridized carbons (Fsp3) is 0.500. The molecule has 20 heavy (non-hydrogen) atoms. The summed E-state index contributed by atoms with van der Waals surface area (Å²) in [5.74, 6) is 0.381. The summed E-state index contributed by atoms with van der Waals surface area (Å²) in [6.45, 7) is 0.667. The highest BCUT2D eigenvalue weighted by Crippen LogP contribution is 2.17. The van der Waals surface area contributed by atoms with Gasteiger partial charge in [-0.3, -0.25) is 0 Å². The van der Waals surface area contributed by atoms with Gasteiger partial charge in [-0.25, -0.2) is 14.3 Å². The molecule has 0 saturated heterocycles. The van der Waals surface area contributed by atoms with Gasteiger partial charge in [-0.1, -0.05) is 12.8 Å². The Morgan fingerprint density at radius 3 is 3.00 bits per heavy atom. The van der Waals surface area contributed by atoms with Crippen LogP contribution >= 0.6 is 0 Å². The third kappa shape index (κ3) is 2.65. The molecule has 6 heteroatoms. The zero-order valence-electron chi connectivity index (χ0n) is 11.5. The molecule has 2 heterocycles. The van der Waals surface area contributed by atoms with Crippen molar-refractivity contribution in [2.24, 2.45) is 0 Å². The van der Waals surface area contributed by atoms with Crippen molar-refractivity contribution in [3.63, 3.8) is 0 Å². The highest BCUT2D eigenvalue weighted by atomic mass is 16.5. The minimum atomic E-state index is -0.368. The summed E-state index contributed by atoms with van der Waals surface area (Å²) in [6.07, 6.45) is 6.73. The van der Waals surface area contributed by atoms with Gasteiger partial charge in [0, 0.05) is 12.2 Å². The Hall–Kier alpha value is -1.95. The molecule has 0 atom stereocenters. The zero-order valence-corrected chi connectivity index (χ0v) is 11.5. The van der Waals surface area contributed by atoms with Crippen molar-refractivity contribution in [2.45, 2.75) is 38.3 Å². The van der Waals surface area contributed by atoms with E-state index in [1.807, 2.05) is 0 Å². The molecule has 1 saturated carbocycles. The number of rotatable bonds is 4. The van der Waals surface area contributed by atoms with E-state index in [1.165, 1.54) is 32.8 Å². The second-order valence-corrected chi connectivity index (χ2v) is 5.10. The zero-order chi connectivity index (χ0) is 13.9. The molecule has 0 bridgehead atoms. The smallest absolute Gasteiger partial charge is 0.339 e. The number of esters is 1. The Kier molecular flexibility index (Phi) is 3.64. The van der Waals surface area contributed by atoms with E-state index in [9.17, 15) is 4.79 Å². The molecule has 0 aliphatic heterocycles. The number of nitrogens with one attached hydrogen (secondary N) is 1. The fourth-order valence-corrected chi connectivity index (χ4v) is 2.61. The predicted octanol–water partition coefficient (Wildman–Crippen LogP) is 1.55. The second kappa shape index (κ2) is 5.58. The van der Waals surface area contributed by atoms with E-state index in [0.717, 1.165) is 11.5 Å². The Morgan fingerprint density at radius 2 is 2.25 bits per heavy atom. The van der Waals surface area contributed by atoms with Crippen molar-refractivity contribution in [1.82, 2.24) is 19.9 Å². The van der Waals surface area contributed by atoms with Crippen LogP contribution in [0.1, 0.15) is 41.9 Å². The third-order valence-corrected chi connectivity index (χ3v) is 3.70. The SMILES string of the molecule is COC(=O)c1ccc2nc(CNC3CCCC3)nn2c1. The van der Waals surface area contributed by atoms with E-state index in [4.69, 9.17) is 4.74 Å². The number of carbonyl (C=O) groups is 1. The van der Waals surface area contributed by atoms with E-state index in [0.29, 0.717) is 18.2 Å². The lowest BCUT2D eigenvalue weighted by Gasteiger charge is -2.08. The van der Waals surface area contributed by atoms with Gasteiger partial charge in [-0.05, 0) is 25.0 Å². The predicted molar refractivity (Wildman–Crippen MR) is 73.4 cm³/mol. The molecule has 0 aromatic carbocycles. The lowest BCUT2D eigenvalue weighted by molar-refractivity contribution is 0.0600. The minimum absolute atomic E-state index is 0.368. The van der Waals surface area contributed by atoms with Gasteiger partial charge in [-0.2, -0.15) is 0 Å². The van der Waals surface area contributed by atoms with Gasteiger partial charge in [0.05, 0.1) is 19.2 Å². The van der Waals surface area contributed by atoms with Crippen LogP contribution in [-0.2, 0) is 11.3 Å². The number of carbonyl (C=O) groups excluding carboxylic acids is 1. The van der Waals surface area contributed by atoms with Gasteiger partial charge >= 0.3 is 5.97 Å². The highest BCUT2D eigenvalue weighted by molar-refractivity contribution is 5.89. The first-order chi connectivity index (χ1) is 9.76. The number of hydrogen-bond donors (Lipinski definition) is 1. The number of pyridine rings is 1. The standard InChI is InChI=1S/C14H18N4O2/c1-20-14(19)10-6-7-13-16-12(17-18(13)9-10)8-15-11-4-2-3-5-11/h6-7,9,11,15H,2-5,8H2,1H3. The van der Waals surface area contributed by atoms with Crippen molar-refractivity contribution in [3.8, 4) is 0 Å². The molecule has 0 spiro atoms. The van der Waals surface area contributed by atoms with Crippen LogP contribution in [0.25, 0.3) is 5.65 Å². The number of fused-ring (bicyclic) bond motifs is 1. The van der Waals surface area contributed by atoms with Gasteiger partial charge < -0.3 is 10.1 Å². The van der Waals surface area contributed by atoms with Gasteiger partial charge in [0.2, 0.25) is 0 Å². The van der Waals surface area contributed by atoms with Gasteiger partial charge in [0.1, 0.15) is 0 Å². The molecule has 0 unspecified atom stereocenters. The lowest BCUT2D eigenvalue weighted by atomic mass is 10.2. The van der Waals surface area contributed by atoms with Gasteiger partial charge in [-0.15, -0.1) is 5.10 Å². The number of nitrogens with zero attached hydrogens (tertiary/aromatic N) is 3. The molecule has 106 valence electrons. The Labute approximate surface area is 117 Å². The fourth-order valence-electron chi connectivity index (χ4n) is 2.61. The summed E-state index contributed by atoms with van der Waals surface area (Å²) in [6, 6.07) is 4.06. The number of hydrogen-bond acceptors (Lipinski definition) is 5. The van der Waals surface area contributed by atoms with E-state index in [1.54, 1.807) is 22.8 Å². The summed E-state index contributed by atoms with van der Waals surface area (Å²) in [7, 11) is 1.37. The summed E-state index contributed by atoms with van der Waals surface area (Å²) in [5, 5.41) is 7.86. The topological polar surface area (TPSA) is 68.5 Å². The maximum Gasteiger partial charge on any atom is 0.339 e. The van der Waals surface area contributed by atoms with Crippen molar-refractivity contribution >= 4 is 11.6 Å². The van der Waals surface area contributed by atoms with Crippen LogP contribution in [0.5, 0.6) is 0 Å². The highest BCUT2D eigenvalue weighted by Gasteiger charge is 2.15. The van der Waals surface area contributed by atoms with Crippen LogP contribution in [0.3, 0.4) is 0 Å². The van der Waals surface area contributed by atoms with Crippen LogP contribution in [0.2, 0.25) is 0 Å². The summed E-state index contributed by atoms with van der Waals surface area (Å²) in [5.41, 5.74) is 1.21. The first-order valence-corrected chi connectivity index (χ1v) is 6.93. The lowest BCUT2D eigenvalue weighted by Crippen LogP contribution is -2.25. The largest absolute Gasteiger partial charge is 0.465 e. The molecule has 6 nitrogen and oxygen atoms in total. The molecule has 1 aliphatic carbocycles. The van der Waals surface area contributed by atoms with Crippen molar-refractivity contribution in [3.05, 3.63) is 29.7 Å². The van der Waals surface area contributed by atoms with Crippen LogP contribution < -0.4 is 5.32 Å². The molecular formula is C14H18N4O2. The van der Waals surface area contributed by atoms with Crippen molar-refractivity contribution in [2.75, 3.05) is 7.11 Å². The molecule has 2 aromatic heterocycles. The first kappa shape index (κ1) is 13.1. The second-order valence-electron chi connectivity index (χ2n) is 5.10. The quantitative estimate of drug-likeness (QED) is 0.857. The van der Waals surface area contributed by atoms with E-state index >= 15 is 0 Å². The monoisotopic (exact) mass is 274 g/mol. The molecule has 1 fully saturated rings. The first-order valence-electron chi connectivity index (χ1n) is 6.93. The van der Waals surface area contributed by atoms with Crippen LogP contribution in [0, 0.1) is 0 Å². The van der Waals surface area contributed by atoms with Crippen LogP contribution in [0.4, 0.5) is 0 Å². The van der Waals surface area contributed by atoms with Crippen molar-refractivity contribution < 1.29 is 9.53 Å². The Morgan fingerprint density at radius 1 is 1.45 bits per heavy atom. The van der Waals surface area contributed by atoms with E-state index in [-0.39, 0.29) is 5.97 Å². The summed E-state index contributed by atoms with van der Waals surface area (Å²) in [4.78, 5) is 15.9. The molecule has 2 aromatic rings. The van der Waals surface area contributed by atoms with E-state index < -0.39 is 0 Å². The molecular weight excluding hydrogens is 256 g/mol. The Balaban J connectivity index is 1.74. The third-order valence-electron chi connectivity index (χ3n) is 3.70. The maximum absolute atomic E-state index is 11.5. The normalized spacial score (nSPS) is 15.8. The molecule has 0 amide bonds. The van der Waals surface area contributed by atoms with Crippen LogP contribution in [-0.4, -0.2) is 33.7 Å². The van der Waals surface area contributed by atoms with Gasteiger partial charge in [0.25, 0.3) is 0 Å². The maximum atomic E-state index is 11.5. The summed E-state index contributed by atoms with van der Waals surface area (Å²) >= 11 is 0.